The second-order valence-electron chi connectivity index (χ2n) is 12.1. The fraction of sp³-hybridized carbons (Fsp3) is 0.667. The van der Waals surface area contributed by atoms with Crippen LogP contribution in [0.15, 0.2) is 36.5 Å². The van der Waals surface area contributed by atoms with Crippen molar-refractivity contribution in [2.45, 2.75) is 97.4 Å². The van der Waals surface area contributed by atoms with Gasteiger partial charge in [0, 0.05) is 16.7 Å². The van der Waals surface area contributed by atoms with Crippen molar-refractivity contribution in [1.82, 2.24) is 0 Å². The van der Waals surface area contributed by atoms with Crippen molar-refractivity contribution in [2.75, 3.05) is 19.8 Å². The highest BCUT2D eigenvalue weighted by atomic mass is 28.5. The maximum absolute atomic E-state index is 11.9. The second-order valence-corrected chi connectivity index (χ2v) is 27.8. The lowest BCUT2D eigenvalue weighted by Gasteiger charge is -2.39. The van der Waals surface area contributed by atoms with Crippen LogP contribution in [0.3, 0.4) is 0 Å². The average Bonchev–Trinajstić information content (AvgIpc) is 2.79. The molecule has 0 heterocycles. The molecule has 0 aromatic carbocycles. The van der Waals surface area contributed by atoms with E-state index in [4.69, 9.17) is 26.6 Å². The van der Waals surface area contributed by atoms with Crippen LogP contribution in [0.1, 0.15) is 40.0 Å². The van der Waals surface area contributed by atoms with Gasteiger partial charge in [0.05, 0.1) is 19.8 Å². The van der Waals surface area contributed by atoms with Gasteiger partial charge in [0.25, 0.3) is 0 Å². The number of esters is 3. The lowest BCUT2D eigenvalue weighted by atomic mass is 10.4. The van der Waals surface area contributed by atoms with Gasteiger partial charge in [-0.2, -0.15) is 0 Å². The van der Waals surface area contributed by atoms with Crippen LogP contribution in [0.2, 0.25) is 57.4 Å². The number of ether oxygens (including phenoxy) is 3. The van der Waals surface area contributed by atoms with Crippen molar-refractivity contribution >= 4 is 52.4 Å². The van der Waals surface area contributed by atoms with Crippen LogP contribution in [0.4, 0.5) is 0 Å². The third-order valence-electron chi connectivity index (χ3n) is 5.32. The average molecular weight is 633 g/mol. The Balaban J connectivity index is 6.01. The van der Waals surface area contributed by atoms with E-state index in [-0.39, 0.29) is 19.8 Å². The Morgan fingerprint density at radius 2 is 0.825 bits per heavy atom. The molecule has 0 fully saturated rings. The Morgan fingerprint density at radius 1 is 0.550 bits per heavy atom. The summed E-state index contributed by atoms with van der Waals surface area (Å²) < 4.78 is 36.1. The maximum Gasteiger partial charge on any atom is 0.452 e. The summed E-state index contributed by atoms with van der Waals surface area (Å²) in [7, 11) is -9.19. The van der Waals surface area contributed by atoms with Gasteiger partial charge in [-0.1, -0.05) is 19.7 Å². The molecule has 0 radical (unpaired) electrons. The molecule has 0 saturated carbocycles. The van der Waals surface area contributed by atoms with Crippen molar-refractivity contribution in [3.63, 3.8) is 0 Å². The number of rotatable bonds is 21. The van der Waals surface area contributed by atoms with Crippen LogP contribution in [0.5, 0.6) is 0 Å². The molecule has 0 N–H and O–H groups in total. The Hall–Kier alpha value is -1.62. The molecule has 0 bridgehead atoms. The first-order valence-corrected chi connectivity index (χ1v) is 24.5. The predicted molar refractivity (Wildman–Crippen MR) is 168 cm³/mol. The normalized spacial score (nSPS) is 12.2. The summed E-state index contributed by atoms with van der Waals surface area (Å²) >= 11 is 0. The Morgan fingerprint density at radius 3 is 1.05 bits per heavy atom. The molecule has 0 aliphatic rings. The van der Waals surface area contributed by atoms with Crippen molar-refractivity contribution in [2.24, 2.45) is 0 Å². The molecule has 230 valence electrons. The van der Waals surface area contributed by atoms with E-state index in [1.54, 1.807) is 20.8 Å². The SMILES string of the molecule is C=C(C)C(=O)OCCC[Si](CCCOC(=O)C(=C)C)(CCCOC(=O)C(=C)C)O[SiH](O[Si](C)(C)C)O[Si](C)(C)C. The van der Waals surface area contributed by atoms with E-state index < -0.39 is 52.4 Å². The summed E-state index contributed by atoms with van der Waals surface area (Å²) in [6.07, 6.45) is 1.76. The third-order valence-corrected chi connectivity index (χ3v) is 19.1. The maximum atomic E-state index is 11.9. The molecule has 0 aliphatic carbocycles. The Kier molecular flexibility index (Phi) is 17.3. The van der Waals surface area contributed by atoms with Gasteiger partial charge in [0.1, 0.15) is 0 Å². The van der Waals surface area contributed by atoms with Gasteiger partial charge in [-0.3, -0.25) is 0 Å². The van der Waals surface area contributed by atoms with Gasteiger partial charge in [-0.15, -0.1) is 0 Å². The van der Waals surface area contributed by atoms with Crippen molar-refractivity contribution in [3.8, 4) is 0 Å². The standard InChI is InChI=1S/C27H52O9Si4/c1-22(2)25(28)31-16-13-19-40(20-14-17-32-26(29)23(3)4,21-15-18-33-27(30)24(5)6)36-37(34-38(7,8)9)35-39(10,11)12/h37H,1,3,5,13-21H2,2,4,6-12H3. The zero-order chi connectivity index (χ0) is 31.1. The lowest BCUT2D eigenvalue weighted by molar-refractivity contribution is -0.139. The Labute approximate surface area is 246 Å². The first-order chi connectivity index (χ1) is 18.3. The van der Waals surface area contributed by atoms with Crippen LogP contribution in [-0.2, 0) is 40.9 Å². The van der Waals surface area contributed by atoms with Crippen LogP contribution in [0, 0.1) is 0 Å². The van der Waals surface area contributed by atoms with Crippen molar-refractivity contribution in [3.05, 3.63) is 36.5 Å². The minimum atomic E-state index is -2.64. The molecular weight excluding hydrogens is 581 g/mol. The van der Waals surface area contributed by atoms with Gasteiger partial charge in [0.15, 0.2) is 25.0 Å². The van der Waals surface area contributed by atoms with E-state index in [1.165, 1.54) is 0 Å². The fourth-order valence-corrected chi connectivity index (χ4v) is 16.1. The summed E-state index contributed by atoms with van der Waals surface area (Å²) in [5.41, 5.74) is 1.04. The molecule has 0 aromatic heterocycles. The van der Waals surface area contributed by atoms with Gasteiger partial charge in [-0.25, -0.2) is 14.4 Å². The summed E-state index contributed by atoms with van der Waals surface area (Å²) in [5, 5.41) is 0. The van der Waals surface area contributed by atoms with E-state index in [2.05, 4.69) is 59.0 Å². The second kappa shape index (κ2) is 18.0. The van der Waals surface area contributed by atoms with Gasteiger partial charge >= 0.3 is 27.4 Å². The molecule has 0 spiro atoms. The minimum Gasteiger partial charge on any atom is -0.462 e. The van der Waals surface area contributed by atoms with E-state index in [1.807, 2.05) is 0 Å². The zero-order valence-corrected chi connectivity index (χ0v) is 30.4. The lowest BCUT2D eigenvalue weighted by Crippen LogP contribution is -2.52. The number of carbonyl (C=O) groups excluding carboxylic acids is 3. The molecule has 0 aliphatic heterocycles. The number of carbonyl (C=O) groups is 3. The van der Waals surface area contributed by atoms with E-state index in [0.717, 1.165) is 0 Å². The summed E-state index contributed by atoms with van der Waals surface area (Å²) in [4.78, 5) is 35.8. The van der Waals surface area contributed by atoms with Gasteiger partial charge in [0.2, 0.25) is 0 Å². The molecule has 0 atom stereocenters. The van der Waals surface area contributed by atoms with Gasteiger partial charge in [-0.05, 0) is 97.4 Å². The summed E-state index contributed by atoms with van der Waals surface area (Å²) in [5.74, 6) is -1.28. The van der Waals surface area contributed by atoms with Crippen molar-refractivity contribution in [1.29, 1.82) is 0 Å². The Bertz CT molecular complexity index is 792. The highest BCUT2D eigenvalue weighted by Crippen LogP contribution is 2.31. The van der Waals surface area contributed by atoms with Crippen LogP contribution in [-0.4, -0.2) is 72.2 Å². The highest BCUT2D eigenvalue weighted by Gasteiger charge is 2.41. The predicted octanol–water partition coefficient (Wildman–Crippen LogP) is 5.90. The molecule has 9 nitrogen and oxygen atoms in total. The fourth-order valence-electron chi connectivity index (χ4n) is 3.45. The highest BCUT2D eigenvalue weighted by molar-refractivity contribution is 6.84. The number of hydrogen-bond acceptors (Lipinski definition) is 9. The van der Waals surface area contributed by atoms with Crippen molar-refractivity contribution < 1.29 is 40.9 Å². The molecule has 0 aromatic rings. The monoisotopic (exact) mass is 632 g/mol. The topological polar surface area (TPSA) is 107 Å². The molecule has 13 heteroatoms. The summed E-state index contributed by atoms with van der Waals surface area (Å²) in [6.45, 7) is 29.1. The van der Waals surface area contributed by atoms with Gasteiger partial charge < -0.3 is 26.6 Å². The third kappa shape index (κ3) is 18.7. The van der Waals surface area contributed by atoms with E-state index >= 15 is 0 Å². The van der Waals surface area contributed by atoms with Crippen LogP contribution < -0.4 is 0 Å². The molecule has 0 amide bonds. The molecule has 0 rings (SSSR count). The van der Waals surface area contributed by atoms with Crippen LogP contribution in [0.25, 0.3) is 0 Å². The molecule has 0 saturated heterocycles. The zero-order valence-electron chi connectivity index (χ0n) is 26.2. The van der Waals surface area contributed by atoms with E-state index in [0.29, 0.717) is 54.1 Å². The van der Waals surface area contributed by atoms with E-state index in [9.17, 15) is 14.4 Å². The van der Waals surface area contributed by atoms with Crippen LogP contribution >= 0.6 is 0 Å². The largest absolute Gasteiger partial charge is 0.462 e. The minimum absolute atomic E-state index is 0.231. The molecule has 0 unspecified atom stereocenters. The quantitative estimate of drug-likeness (QED) is 0.0503. The summed E-state index contributed by atoms with van der Waals surface area (Å²) in [6, 6.07) is 2.02. The number of hydrogen-bond donors (Lipinski definition) is 0. The molecule has 40 heavy (non-hydrogen) atoms. The first-order valence-electron chi connectivity index (χ1n) is 13.8. The molecular formula is C27H52O9Si4. The smallest absolute Gasteiger partial charge is 0.452 e. The first kappa shape index (κ1) is 38.4.